The summed E-state index contributed by atoms with van der Waals surface area (Å²) in [5.74, 6) is 0.378. The molecule has 29 heavy (non-hydrogen) atoms. The zero-order chi connectivity index (χ0) is 20.4. The molecular weight excluding hydrogens is 366 g/mol. The topological polar surface area (TPSA) is 61.9 Å². The lowest BCUT2D eigenvalue weighted by Gasteiger charge is -2.44. The first kappa shape index (κ1) is 20.2. The number of urea groups is 1. The van der Waals surface area contributed by atoms with Gasteiger partial charge in [-0.2, -0.15) is 0 Å². The van der Waals surface area contributed by atoms with Gasteiger partial charge in [0.25, 0.3) is 5.91 Å². The van der Waals surface area contributed by atoms with Crippen molar-refractivity contribution in [3.8, 4) is 0 Å². The third kappa shape index (κ3) is 4.00. The Bertz CT molecular complexity index is 761. The van der Waals surface area contributed by atoms with Gasteiger partial charge in [0.15, 0.2) is 0 Å². The molecule has 1 unspecified atom stereocenters. The first-order chi connectivity index (χ1) is 14.0. The molecule has 3 saturated heterocycles. The third-order valence-electron chi connectivity index (χ3n) is 7.02. The highest BCUT2D eigenvalue weighted by molar-refractivity contribution is 5.90. The van der Waals surface area contributed by atoms with Crippen LogP contribution in [0.2, 0.25) is 0 Å². The summed E-state index contributed by atoms with van der Waals surface area (Å²) in [7, 11) is 0. The molecule has 0 aliphatic carbocycles. The largest absolute Gasteiger partial charge is 0.362 e. The molecule has 1 aromatic carbocycles. The van der Waals surface area contributed by atoms with Crippen molar-refractivity contribution in [3.05, 3.63) is 29.8 Å². The van der Waals surface area contributed by atoms with Crippen LogP contribution in [-0.4, -0.2) is 59.6 Å². The number of anilines is 1. The molecule has 1 spiro atoms. The smallest absolute Gasteiger partial charge is 0.321 e. The van der Waals surface area contributed by atoms with E-state index in [1.807, 2.05) is 34.1 Å². The Morgan fingerprint density at radius 3 is 2.62 bits per heavy atom. The quantitative estimate of drug-likeness (QED) is 0.844. The van der Waals surface area contributed by atoms with Crippen LogP contribution < -0.4 is 5.32 Å². The van der Waals surface area contributed by atoms with Crippen molar-refractivity contribution in [1.82, 2.24) is 9.80 Å². The predicted octanol–water partition coefficient (Wildman–Crippen LogP) is 3.66. The van der Waals surface area contributed by atoms with Crippen molar-refractivity contribution in [2.45, 2.75) is 64.1 Å². The van der Waals surface area contributed by atoms with Crippen LogP contribution >= 0.6 is 0 Å². The number of carbonyl (C=O) groups is 2. The minimum Gasteiger partial charge on any atom is -0.362 e. The molecule has 3 heterocycles. The van der Waals surface area contributed by atoms with Gasteiger partial charge in [-0.3, -0.25) is 4.79 Å². The van der Waals surface area contributed by atoms with E-state index < -0.39 is 0 Å². The maximum absolute atomic E-state index is 12.8. The molecule has 6 nitrogen and oxygen atoms in total. The Morgan fingerprint density at radius 2 is 1.90 bits per heavy atom. The third-order valence-corrected chi connectivity index (χ3v) is 7.02. The molecule has 0 saturated carbocycles. The van der Waals surface area contributed by atoms with Gasteiger partial charge in [0, 0.05) is 37.8 Å². The highest BCUT2D eigenvalue weighted by Gasteiger charge is 2.50. The van der Waals surface area contributed by atoms with Crippen molar-refractivity contribution >= 4 is 17.6 Å². The van der Waals surface area contributed by atoms with Gasteiger partial charge >= 0.3 is 6.03 Å². The second-order valence-corrected chi connectivity index (χ2v) is 8.78. The highest BCUT2D eigenvalue weighted by Crippen LogP contribution is 2.43. The normalized spacial score (nSPS) is 29.4. The number of para-hydroxylation sites is 1. The van der Waals surface area contributed by atoms with E-state index >= 15 is 0 Å². The van der Waals surface area contributed by atoms with Crippen molar-refractivity contribution in [2.75, 3.05) is 31.5 Å². The number of nitrogens with one attached hydrogen (secondary N) is 1. The van der Waals surface area contributed by atoms with Crippen LogP contribution in [0.25, 0.3) is 0 Å². The summed E-state index contributed by atoms with van der Waals surface area (Å²) in [4.78, 5) is 29.4. The Labute approximate surface area is 173 Å². The van der Waals surface area contributed by atoms with Crippen LogP contribution in [0.4, 0.5) is 10.5 Å². The standard InChI is InChI=1S/C23H33N3O3/c1-3-18-8-4-5-9-19(18)24-22(28)26-15-12-23(17(2)16-26)11-10-20(29-23)21(27)25-13-6-7-14-25/h4-5,8-9,17,20H,3,6-7,10-16H2,1-2H3,(H,24,28)/t17-,20?,23+/m0/s1. The number of likely N-dealkylation sites (tertiary alicyclic amines) is 2. The molecule has 0 radical (unpaired) electrons. The number of piperidine rings is 1. The molecular formula is C23H33N3O3. The van der Waals surface area contributed by atoms with E-state index in [-0.39, 0.29) is 29.6 Å². The van der Waals surface area contributed by atoms with Gasteiger partial charge in [-0.05, 0) is 50.2 Å². The minimum atomic E-state index is -0.299. The number of nitrogens with zero attached hydrogens (tertiary/aromatic N) is 2. The van der Waals surface area contributed by atoms with E-state index in [4.69, 9.17) is 4.74 Å². The molecule has 3 aliphatic rings. The summed E-state index contributed by atoms with van der Waals surface area (Å²) in [6.07, 6.45) is 5.29. The molecule has 0 bridgehead atoms. The average molecular weight is 400 g/mol. The lowest BCUT2D eigenvalue weighted by Crippen LogP contribution is -2.54. The van der Waals surface area contributed by atoms with E-state index in [2.05, 4.69) is 19.2 Å². The van der Waals surface area contributed by atoms with Gasteiger partial charge in [-0.1, -0.05) is 32.0 Å². The molecule has 3 fully saturated rings. The Morgan fingerprint density at radius 1 is 1.14 bits per heavy atom. The highest BCUT2D eigenvalue weighted by atomic mass is 16.5. The van der Waals surface area contributed by atoms with Crippen molar-refractivity contribution in [1.29, 1.82) is 0 Å². The number of benzene rings is 1. The summed E-state index contributed by atoms with van der Waals surface area (Å²) in [6, 6.07) is 7.91. The van der Waals surface area contributed by atoms with E-state index in [0.717, 1.165) is 62.9 Å². The lowest BCUT2D eigenvalue weighted by atomic mass is 9.80. The second-order valence-electron chi connectivity index (χ2n) is 8.78. The van der Waals surface area contributed by atoms with Gasteiger partial charge in [0.05, 0.1) is 5.60 Å². The van der Waals surface area contributed by atoms with Crippen LogP contribution in [0, 0.1) is 5.92 Å². The number of aryl methyl sites for hydroxylation is 1. The number of carbonyl (C=O) groups excluding carboxylic acids is 2. The Hall–Kier alpha value is -2.08. The number of rotatable bonds is 3. The fourth-order valence-electron chi connectivity index (χ4n) is 5.13. The number of hydrogen-bond donors (Lipinski definition) is 1. The maximum atomic E-state index is 12.8. The maximum Gasteiger partial charge on any atom is 0.321 e. The van der Waals surface area contributed by atoms with Gasteiger partial charge in [0.2, 0.25) is 0 Å². The van der Waals surface area contributed by atoms with Crippen LogP contribution in [0.5, 0.6) is 0 Å². The van der Waals surface area contributed by atoms with Gasteiger partial charge in [0.1, 0.15) is 6.10 Å². The number of hydrogen-bond acceptors (Lipinski definition) is 3. The van der Waals surface area contributed by atoms with Gasteiger partial charge in [-0.15, -0.1) is 0 Å². The van der Waals surface area contributed by atoms with E-state index in [0.29, 0.717) is 13.1 Å². The fourth-order valence-corrected chi connectivity index (χ4v) is 5.13. The molecule has 158 valence electrons. The van der Waals surface area contributed by atoms with Crippen LogP contribution in [0.15, 0.2) is 24.3 Å². The predicted molar refractivity (Wildman–Crippen MR) is 113 cm³/mol. The Balaban J connectivity index is 1.36. The molecule has 4 rings (SSSR count). The van der Waals surface area contributed by atoms with Crippen LogP contribution in [0.3, 0.4) is 0 Å². The fraction of sp³-hybridized carbons (Fsp3) is 0.652. The molecule has 1 N–H and O–H groups in total. The molecule has 3 amide bonds. The van der Waals surface area contributed by atoms with E-state index in [1.165, 1.54) is 0 Å². The zero-order valence-electron chi connectivity index (χ0n) is 17.7. The average Bonchev–Trinajstić information content (AvgIpc) is 3.41. The lowest BCUT2D eigenvalue weighted by molar-refractivity contribution is -0.154. The summed E-state index contributed by atoms with van der Waals surface area (Å²) in [6.45, 7) is 7.31. The summed E-state index contributed by atoms with van der Waals surface area (Å²) in [5.41, 5.74) is 1.77. The SMILES string of the molecule is CCc1ccccc1NC(=O)N1CC[C@]2(CCC(C(=O)N3CCCC3)O2)[C@@H](C)C1. The first-order valence-electron chi connectivity index (χ1n) is 11.1. The summed E-state index contributed by atoms with van der Waals surface area (Å²) < 4.78 is 6.41. The van der Waals surface area contributed by atoms with Crippen molar-refractivity contribution < 1.29 is 14.3 Å². The van der Waals surface area contributed by atoms with E-state index in [9.17, 15) is 9.59 Å². The van der Waals surface area contributed by atoms with Crippen molar-refractivity contribution in [3.63, 3.8) is 0 Å². The summed E-state index contributed by atoms with van der Waals surface area (Å²) >= 11 is 0. The van der Waals surface area contributed by atoms with E-state index in [1.54, 1.807) is 0 Å². The van der Waals surface area contributed by atoms with Gasteiger partial charge in [-0.25, -0.2) is 4.79 Å². The molecule has 3 aliphatic heterocycles. The number of ether oxygens (including phenoxy) is 1. The summed E-state index contributed by atoms with van der Waals surface area (Å²) in [5, 5.41) is 3.08. The van der Waals surface area contributed by atoms with Crippen LogP contribution in [-0.2, 0) is 16.0 Å². The van der Waals surface area contributed by atoms with Crippen molar-refractivity contribution in [2.24, 2.45) is 5.92 Å². The zero-order valence-corrected chi connectivity index (χ0v) is 17.7. The second kappa shape index (κ2) is 8.34. The van der Waals surface area contributed by atoms with Gasteiger partial charge < -0.3 is 19.9 Å². The minimum absolute atomic E-state index is 0.0460. The molecule has 6 heteroatoms. The number of amides is 3. The monoisotopic (exact) mass is 399 g/mol. The first-order valence-corrected chi connectivity index (χ1v) is 11.1. The van der Waals surface area contributed by atoms with Crippen LogP contribution in [0.1, 0.15) is 51.5 Å². The molecule has 0 aromatic heterocycles. The molecule has 1 aromatic rings. The molecule has 3 atom stereocenters. The Kier molecular flexibility index (Phi) is 5.81.